The van der Waals surface area contributed by atoms with Crippen LogP contribution >= 0.6 is 0 Å². The number of aliphatic hydroxyl groups is 1. The number of amides is 4. The van der Waals surface area contributed by atoms with Gasteiger partial charge < -0.3 is 42.7 Å². The summed E-state index contributed by atoms with van der Waals surface area (Å²) >= 11 is 0. The average Bonchev–Trinajstić information content (AvgIpc) is 2.78. The molecule has 0 aromatic heterocycles. The number of nitrogens with two attached hydrogens (primary N) is 2. The van der Waals surface area contributed by atoms with Gasteiger partial charge in [-0.2, -0.15) is 0 Å². The molecule has 4 amide bonds. The molecule has 0 aliphatic heterocycles. The number of aliphatic carboxylic acids is 2. The summed E-state index contributed by atoms with van der Waals surface area (Å²) in [7, 11) is 0. The Morgan fingerprint density at radius 1 is 0.889 bits per heavy atom. The predicted octanol–water partition coefficient (Wildman–Crippen LogP) is -2.78. The number of hydrogen-bond donors (Lipinski definition) is 8. The highest BCUT2D eigenvalue weighted by Gasteiger charge is 2.33. The SMILES string of the molecule is CC(O)C(NC(=O)C(N)CC(=O)O)C(=O)NC(Cc1ccccc1)C(=O)NC(CCC(N)=O)C(=O)O. The van der Waals surface area contributed by atoms with Crippen LogP contribution in [0.15, 0.2) is 30.3 Å². The Kier molecular flexibility index (Phi) is 12.0. The Morgan fingerprint density at radius 2 is 1.47 bits per heavy atom. The molecular weight excluding hydrogens is 478 g/mol. The van der Waals surface area contributed by atoms with Crippen LogP contribution in [0.2, 0.25) is 0 Å². The molecule has 0 bridgehead atoms. The second kappa shape index (κ2) is 14.4. The molecule has 198 valence electrons. The van der Waals surface area contributed by atoms with Crippen LogP contribution in [0.1, 0.15) is 31.7 Å². The number of carbonyl (C=O) groups excluding carboxylic acids is 4. The lowest BCUT2D eigenvalue weighted by molar-refractivity contribution is -0.142. The molecule has 0 heterocycles. The van der Waals surface area contributed by atoms with Crippen molar-refractivity contribution in [2.24, 2.45) is 11.5 Å². The molecule has 0 spiro atoms. The molecule has 14 nitrogen and oxygen atoms in total. The maximum absolute atomic E-state index is 12.9. The third-order valence-electron chi connectivity index (χ3n) is 5.00. The Bertz CT molecular complexity index is 954. The molecule has 0 fully saturated rings. The number of nitrogens with one attached hydrogen (secondary N) is 3. The smallest absolute Gasteiger partial charge is 0.326 e. The van der Waals surface area contributed by atoms with Gasteiger partial charge in [0.05, 0.1) is 18.6 Å². The van der Waals surface area contributed by atoms with Crippen molar-refractivity contribution in [3.8, 4) is 0 Å². The highest BCUT2D eigenvalue weighted by Crippen LogP contribution is 2.07. The first-order chi connectivity index (χ1) is 16.8. The largest absolute Gasteiger partial charge is 0.481 e. The fourth-order valence-electron chi connectivity index (χ4n) is 3.08. The zero-order valence-corrected chi connectivity index (χ0v) is 19.5. The van der Waals surface area contributed by atoms with E-state index < -0.39 is 72.3 Å². The third-order valence-corrected chi connectivity index (χ3v) is 5.00. The second-order valence-electron chi connectivity index (χ2n) is 8.09. The van der Waals surface area contributed by atoms with Crippen molar-refractivity contribution >= 4 is 35.6 Å². The Balaban J connectivity index is 3.09. The maximum atomic E-state index is 12.9. The number of primary amides is 1. The summed E-state index contributed by atoms with van der Waals surface area (Å²) in [6.07, 6.45) is -2.86. The fourth-order valence-corrected chi connectivity index (χ4v) is 3.08. The zero-order valence-electron chi connectivity index (χ0n) is 19.5. The average molecular weight is 510 g/mol. The molecule has 1 aromatic rings. The van der Waals surface area contributed by atoms with Gasteiger partial charge in [-0.25, -0.2) is 4.79 Å². The summed E-state index contributed by atoms with van der Waals surface area (Å²) < 4.78 is 0. The van der Waals surface area contributed by atoms with Gasteiger partial charge >= 0.3 is 11.9 Å². The molecule has 0 aliphatic rings. The van der Waals surface area contributed by atoms with Crippen molar-refractivity contribution in [2.45, 2.75) is 62.9 Å². The minimum Gasteiger partial charge on any atom is -0.481 e. The molecular formula is C22H31N5O9. The third kappa shape index (κ3) is 10.5. The highest BCUT2D eigenvalue weighted by atomic mass is 16.4. The fraction of sp³-hybridized carbons (Fsp3) is 0.455. The van der Waals surface area contributed by atoms with Gasteiger partial charge in [-0.15, -0.1) is 0 Å². The van der Waals surface area contributed by atoms with Crippen molar-refractivity contribution in [1.82, 2.24) is 16.0 Å². The van der Waals surface area contributed by atoms with Crippen LogP contribution in [-0.2, 0) is 35.2 Å². The minimum absolute atomic E-state index is 0.0838. The first-order valence-electron chi connectivity index (χ1n) is 10.9. The molecule has 0 saturated heterocycles. The number of carboxylic acids is 2. The van der Waals surface area contributed by atoms with Gasteiger partial charge in [0.25, 0.3) is 0 Å². The van der Waals surface area contributed by atoms with E-state index in [1.807, 2.05) is 0 Å². The molecule has 5 unspecified atom stereocenters. The lowest BCUT2D eigenvalue weighted by atomic mass is 10.0. The lowest BCUT2D eigenvalue weighted by Gasteiger charge is -2.26. The molecule has 0 saturated carbocycles. The zero-order chi connectivity index (χ0) is 27.4. The van der Waals surface area contributed by atoms with Crippen molar-refractivity contribution < 1.29 is 44.1 Å². The number of carbonyl (C=O) groups is 6. The van der Waals surface area contributed by atoms with E-state index in [1.54, 1.807) is 30.3 Å². The maximum Gasteiger partial charge on any atom is 0.326 e. The standard InChI is InChI=1S/C22H31N5O9/c1-11(28)18(27-19(32)13(23)10-17(30)31)21(34)26-15(9-12-5-3-2-4-6-12)20(33)25-14(22(35)36)7-8-16(24)29/h2-6,11,13-15,18,28H,7-10,23H2,1H3,(H2,24,29)(H,25,33)(H,26,34)(H,27,32)(H,30,31)(H,35,36). The van der Waals surface area contributed by atoms with Crippen LogP contribution in [-0.4, -0.2) is 81.2 Å². The summed E-state index contributed by atoms with van der Waals surface area (Å²) in [4.78, 5) is 71.4. The molecule has 5 atom stereocenters. The van der Waals surface area contributed by atoms with Crippen molar-refractivity contribution in [3.05, 3.63) is 35.9 Å². The molecule has 1 rings (SSSR count). The molecule has 14 heteroatoms. The van der Waals surface area contributed by atoms with E-state index in [0.717, 1.165) is 0 Å². The van der Waals surface area contributed by atoms with Gasteiger partial charge in [0.1, 0.15) is 18.1 Å². The Hall–Kier alpha value is -4.04. The van der Waals surface area contributed by atoms with E-state index in [-0.39, 0.29) is 19.3 Å². The normalized spacial score (nSPS) is 14.9. The first kappa shape index (κ1) is 30.0. The van der Waals surface area contributed by atoms with Crippen molar-refractivity contribution in [3.63, 3.8) is 0 Å². The molecule has 1 aromatic carbocycles. The van der Waals surface area contributed by atoms with Crippen LogP contribution in [0.4, 0.5) is 0 Å². The van der Waals surface area contributed by atoms with E-state index in [0.29, 0.717) is 5.56 Å². The van der Waals surface area contributed by atoms with E-state index in [1.165, 1.54) is 6.92 Å². The molecule has 0 aliphatic carbocycles. The summed E-state index contributed by atoms with van der Waals surface area (Å²) in [6, 6.07) is 2.49. The number of hydrogen-bond acceptors (Lipinski definition) is 8. The molecule has 0 radical (unpaired) electrons. The summed E-state index contributed by atoms with van der Waals surface area (Å²) in [6.45, 7) is 1.18. The monoisotopic (exact) mass is 509 g/mol. The summed E-state index contributed by atoms with van der Waals surface area (Å²) in [5.41, 5.74) is 11.1. The summed E-state index contributed by atoms with van der Waals surface area (Å²) in [5, 5.41) is 35.0. The van der Waals surface area contributed by atoms with Crippen LogP contribution in [0, 0.1) is 0 Å². The Morgan fingerprint density at radius 3 is 1.97 bits per heavy atom. The highest BCUT2D eigenvalue weighted by molar-refractivity contribution is 5.95. The van der Waals surface area contributed by atoms with E-state index in [9.17, 15) is 39.0 Å². The van der Waals surface area contributed by atoms with E-state index in [4.69, 9.17) is 16.6 Å². The van der Waals surface area contributed by atoms with Gasteiger partial charge in [-0.1, -0.05) is 30.3 Å². The van der Waals surface area contributed by atoms with Crippen LogP contribution in [0.25, 0.3) is 0 Å². The van der Waals surface area contributed by atoms with Crippen LogP contribution in [0.5, 0.6) is 0 Å². The van der Waals surface area contributed by atoms with Crippen LogP contribution < -0.4 is 27.4 Å². The second-order valence-corrected chi connectivity index (χ2v) is 8.09. The van der Waals surface area contributed by atoms with E-state index in [2.05, 4.69) is 16.0 Å². The van der Waals surface area contributed by atoms with Crippen molar-refractivity contribution in [2.75, 3.05) is 0 Å². The number of benzene rings is 1. The van der Waals surface area contributed by atoms with Crippen LogP contribution in [0.3, 0.4) is 0 Å². The molecule has 36 heavy (non-hydrogen) atoms. The number of aliphatic hydroxyl groups excluding tert-OH is 1. The minimum atomic E-state index is -1.60. The summed E-state index contributed by atoms with van der Waals surface area (Å²) in [5.74, 6) is -6.44. The van der Waals surface area contributed by atoms with Crippen molar-refractivity contribution in [1.29, 1.82) is 0 Å². The van der Waals surface area contributed by atoms with Gasteiger partial charge in [0, 0.05) is 12.8 Å². The van der Waals surface area contributed by atoms with Gasteiger partial charge in [-0.05, 0) is 18.9 Å². The first-order valence-corrected chi connectivity index (χ1v) is 10.9. The number of rotatable bonds is 15. The predicted molar refractivity (Wildman–Crippen MR) is 124 cm³/mol. The lowest BCUT2D eigenvalue weighted by Crippen LogP contribution is -2.60. The van der Waals surface area contributed by atoms with Gasteiger partial charge in [0.15, 0.2) is 0 Å². The van der Waals surface area contributed by atoms with Gasteiger partial charge in [-0.3, -0.25) is 24.0 Å². The topological polar surface area (TPSA) is 251 Å². The number of carboxylic acid groups (broad SMARTS) is 2. The van der Waals surface area contributed by atoms with E-state index >= 15 is 0 Å². The van der Waals surface area contributed by atoms with Gasteiger partial charge in [0.2, 0.25) is 23.6 Å². The Labute approximate surface area is 206 Å². The quantitative estimate of drug-likeness (QED) is 0.121. The molecule has 10 N–H and O–H groups in total.